The van der Waals surface area contributed by atoms with Gasteiger partial charge in [0.1, 0.15) is 0 Å². The van der Waals surface area contributed by atoms with Crippen molar-refractivity contribution >= 4 is 9.84 Å². The fraction of sp³-hybridized carbons (Fsp3) is 0.857. The summed E-state index contributed by atoms with van der Waals surface area (Å²) in [4.78, 5) is 9.17. The minimum atomic E-state index is -3.40. The molecule has 0 bridgehead atoms. The summed E-state index contributed by atoms with van der Waals surface area (Å²) in [6.45, 7) is 7.34. The molecular formula is C21H38N4O4S. The van der Waals surface area contributed by atoms with Crippen LogP contribution in [0, 0.1) is 5.92 Å². The Labute approximate surface area is 181 Å². The van der Waals surface area contributed by atoms with Gasteiger partial charge in [-0.3, -0.25) is 9.80 Å². The molecule has 0 radical (unpaired) electrons. The lowest BCUT2D eigenvalue weighted by Gasteiger charge is -2.34. The predicted octanol–water partition coefficient (Wildman–Crippen LogP) is 1.65. The van der Waals surface area contributed by atoms with Crippen molar-refractivity contribution in [3.05, 3.63) is 11.9 Å². The lowest BCUT2D eigenvalue weighted by Crippen LogP contribution is -2.47. The second-order valence-corrected chi connectivity index (χ2v) is 10.5. The molecule has 1 saturated heterocycles. The summed E-state index contributed by atoms with van der Waals surface area (Å²) in [5.74, 6) is 0.481. The van der Waals surface area contributed by atoms with E-state index in [2.05, 4.69) is 14.8 Å². The minimum Gasteiger partial charge on any atom is -0.383 e. The molecule has 2 aliphatic rings. The van der Waals surface area contributed by atoms with E-state index in [1.165, 1.54) is 6.42 Å². The van der Waals surface area contributed by atoms with Gasteiger partial charge in [0, 0.05) is 60.0 Å². The molecule has 0 N–H and O–H groups in total. The van der Waals surface area contributed by atoms with Crippen molar-refractivity contribution in [3.8, 4) is 0 Å². The van der Waals surface area contributed by atoms with E-state index in [-0.39, 0.29) is 16.8 Å². The van der Waals surface area contributed by atoms with Gasteiger partial charge in [-0.25, -0.2) is 13.4 Å². The van der Waals surface area contributed by atoms with Crippen molar-refractivity contribution in [2.75, 3.05) is 65.9 Å². The quantitative estimate of drug-likeness (QED) is 0.516. The molecule has 2 fully saturated rings. The molecule has 0 spiro atoms. The summed E-state index contributed by atoms with van der Waals surface area (Å²) in [5, 5.41) is 0.221. The van der Waals surface area contributed by atoms with Crippen molar-refractivity contribution in [2.45, 2.75) is 50.4 Å². The van der Waals surface area contributed by atoms with Crippen LogP contribution >= 0.6 is 0 Å². The van der Waals surface area contributed by atoms with Gasteiger partial charge in [-0.15, -0.1) is 0 Å². The van der Waals surface area contributed by atoms with Gasteiger partial charge >= 0.3 is 0 Å². The predicted molar refractivity (Wildman–Crippen MR) is 116 cm³/mol. The largest absolute Gasteiger partial charge is 0.383 e. The van der Waals surface area contributed by atoms with Crippen molar-refractivity contribution in [1.29, 1.82) is 0 Å². The Morgan fingerprint density at radius 1 is 0.967 bits per heavy atom. The maximum Gasteiger partial charge on any atom is 0.227 e. The van der Waals surface area contributed by atoms with Crippen molar-refractivity contribution in [1.82, 2.24) is 19.4 Å². The Hall–Kier alpha value is -1.00. The standard InChI is InChI=1S/C21H38N4O4S/c1-28-14-12-23-8-10-24(11-9-23)17-20-16-22-21(25(20)13-15-29-2)30(26,27)18-19-6-4-3-5-7-19/h16,19H,3-15,17-18H2,1-2H3. The van der Waals surface area contributed by atoms with Crippen LogP contribution in [-0.4, -0.2) is 93.7 Å². The van der Waals surface area contributed by atoms with Crippen LogP contribution in [0.25, 0.3) is 0 Å². The summed E-state index contributed by atoms with van der Waals surface area (Å²) < 4.78 is 38.7. The first-order valence-electron chi connectivity index (χ1n) is 11.2. The maximum absolute atomic E-state index is 13.2. The maximum atomic E-state index is 13.2. The third-order valence-corrected chi connectivity index (χ3v) is 8.13. The van der Waals surface area contributed by atoms with Crippen molar-refractivity contribution in [3.63, 3.8) is 0 Å². The Balaban J connectivity index is 1.67. The van der Waals surface area contributed by atoms with Gasteiger partial charge in [0.05, 0.1) is 30.9 Å². The highest BCUT2D eigenvalue weighted by Gasteiger charge is 2.28. The minimum absolute atomic E-state index is 0.217. The highest BCUT2D eigenvalue weighted by Crippen LogP contribution is 2.27. The zero-order chi connectivity index (χ0) is 21.4. The van der Waals surface area contributed by atoms with Crippen LogP contribution in [0.4, 0.5) is 0 Å². The van der Waals surface area contributed by atoms with Gasteiger partial charge in [0.2, 0.25) is 15.0 Å². The first-order valence-corrected chi connectivity index (χ1v) is 12.9. The molecule has 0 atom stereocenters. The summed E-state index contributed by atoms with van der Waals surface area (Å²) in [6, 6.07) is 0. The van der Waals surface area contributed by atoms with E-state index in [4.69, 9.17) is 9.47 Å². The van der Waals surface area contributed by atoms with Gasteiger partial charge in [-0.1, -0.05) is 19.3 Å². The molecule has 0 aromatic carbocycles. The van der Waals surface area contributed by atoms with Crippen LogP contribution in [-0.2, 0) is 32.4 Å². The summed E-state index contributed by atoms with van der Waals surface area (Å²) in [7, 11) is -0.0260. The lowest BCUT2D eigenvalue weighted by atomic mass is 9.91. The zero-order valence-electron chi connectivity index (χ0n) is 18.6. The Morgan fingerprint density at radius 3 is 2.27 bits per heavy atom. The number of rotatable bonds is 11. The number of sulfone groups is 1. The van der Waals surface area contributed by atoms with E-state index in [9.17, 15) is 8.42 Å². The average molecular weight is 443 g/mol. The molecular weight excluding hydrogens is 404 g/mol. The normalized spacial score (nSPS) is 20.1. The van der Waals surface area contributed by atoms with Gasteiger partial charge < -0.3 is 14.0 Å². The van der Waals surface area contributed by atoms with Crippen LogP contribution in [0.2, 0.25) is 0 Å². The van der Waals surface area contributed by atoms with Gasteiger partial charge in [-0.05, 0) is 18.8 Å². The molecule has 8 nitrogen and oxygen atoms in total. The van der Waals surface area contributed by atoms with Crippen LogP contribution in [0.15, 0.2) is 11.4 Å². The van der Waals surface area contributed by atoms with Crippen molar-refractivity contribution in [2.24, 2.45) is 5.92 Å². The first-order chi connectivity index (χ1) is 14.5. The molecule has 1 aromatic heterocycles. The van der Waals surface area contributed by atoms with E-state index >= 15 is 0 Å². The monoisotopic (exact) mass is 442 g/mol. The highest BCUT2D eigenvalue weighted by atomic mass is 32.2. The third kappa shape index (κ3) is 6.50. The third-order valence-electron chi connectivity index (χ3n) is 6.34. The number of imidazole rings is 1. The summed E-state index contributed by atoms with van der Waals surface area (Å²) in [5.41, 5.74) is 0.958. The van der Waals surface area contributed by atoms with Gasteiger partial charge in [0.25, 0.3) is 0 Å². The fourth-order valence-corrected chi connectivity index (χ4v) is 6.41. The summed E-state index contributed by atoms with van der Waals surface area (Å²) >= 11 is 0. The Kier molecular flexibility index (Phi) is 9.13. The molecule has 0 amide bonds. The van der Waals surface area contributed by atoms with E-state index in [0.29, 0.717) is 19.7 Å². The molecule has 2 heterocycles. The molecule has 172 valence electrons. The smallest absolute Gasteiger partial charge is 0.227 e. The van der Waals surface area contributed by atoms with E-state index in [0.717, 1.165) is 70.7 Å². The molecule has 30 heavy (non-hydrogen) atoms. The molecule has 3 rings (SSSR count). The zero-order valence-corrected chi connectivity index (χ0v) is 19.4. The van der Waals surface area contributed by atoms with Crippen LogP contribution < -0.4 is 0 Å². The van der Waals surface area contributed by atoms with Crippen molar-refractivity contribution < 1.29 is 17.9 Å². The second kappa shape index (κ2) is 11.6. The fourth-order valence-electron chi connectivity index (χ4n) is 4.55. The van der Waals surface area contributed by atoms with Gasteiger partial charge in [-0.2, -0.15) is 0 Å². The molecule has 0 unspecified atom stereocenters. The Morgan fingerprint density at radius 2 is 1.60 bits per heavy atom. The van der Waals surface area contributed by atoms with E-state index in [1.807, 2.05) is 4.57 Å². The number of hydrogen-bond acceptors (Lipinski definition) is 7. The molecule has 1 saturated carbocycles. The summed E-state index contributed by atoms with van der Waals surface area (Å²) in [6.07, 6.45) is 7.28. The molecule has 1 aliphatic carbocycles. The van der Waals surface area contributed by atoms with E-state index < -0.39 is 9.84 Å². The number of aromatic nitrogens is 2. The van der Waals surface area contributed by atoms with Gasteiger partial charge in [0.15, 0.2) is 0 Å². The number of methoxy groups -OCH3 is 2. The van der Waals surface area contributed by atoms with Crippen LogP contribution in [0.5, 0.6) is 0 Å². The lowest BCUT2D eigenvalue weighted by molar-refractivity contribution is 0.0922. The van der Waals surface area contributed by atoms with Crippen LogP contribution in [0.3, 0.4) is 0 Å². The molecule has 1 aromatic rings. The average Bonchev–Trinajstić information content (AvgIpc) is 3.15. The SMILES string of the molecule is COCCN1CCN(Cc2cnc(S(=O)(=O)CC3CCCCC3)n2CCOC)CC1. The number of nitrogens with zero attached hydrogens (tertiary/aromatic N) is 4. The second-order valence-electron chi connectivity index (χ2n) is 8.57. The van der Waals surface area contributed by atoms with E-state index in [1.54, 1.807) is 20.4 Å². The number of ether oxygens (including phenoxy) is 2. The molecule has 1 aliphatic heterocycles. The highest BCUT2D eigenvalue weighted by molar-refractivity contribution is 7.91. The number of piperazine rings is 1. The topological polar surface area (TPSA) is 76.9 Å². The number of hydrogen-bond donors (Lipinski definition) is 0. The van der Waals surface area contributed by atoms with Crippen LogP contribution in [0.1, 0.15) is 37.8 Å². The molecule has 9 heteroatoms. The Bertz CT molecular complexity index is 738. The first kappa shape index (κ1) is 23.7.